The van der Waals surface area contributed by atoms with Crippen LogP contribution in [0, 0.1) is 0 Å². The van der Waals surface area contributed by atoms with Crippen LogP contribution in [0.15, 0.2) is 58.7 Å². The Hall–Kier alpha value is -5.07. The second-order valence-corrected chi connectivity index (χ2v) is 18.3. The summed E-state index contributed by atoms with van der Waals surface area (Å²) < 4.78 is 73.2. The zero-order valence-corrected chi connectivity index (χ0v) is 37.9. The van der Waals surface area contributed by atoms with Crippen molar-refractivity contribution in [2.45, 2.75) is 175 Å². The third kappa shape index (κ3) is 10.5. The minimum atomic E-state index is -3.75. The molecule has 0 fully saturated rings. The van der Waals surface area contributed by atoms with Crippen molar-refractivity contribution in [3.63, 3.8) is 0 Å². The van der Waals surface area contributed by atoms with Gasteiger partial charge in [0.15, 0.2) is 6.23 Å². The molecule has 2 amide bonds. The number of phenols is 2. The molecule has 0 saturated carbocycles. The molecule has 0 bridgehead atoms. The Kier molecular flexibility index (Phi) is 12.4. The van der Waals surface area contributed by atoms with Gasteiger partial charge in [0.05, 0.1) is 36.4 Å². The van der Waals surface area contributed by atoms with Gasteiger partial charge in [-0.2, -0.15) is 0 Å². The number of rotatable bonds is 19. The van der Waals surface area contributed by atoms with Gasteiger partial charge in [0.2, 0.25) is 0 Å². The third-order valence-corrected chi connectivity index (χ3v) is 12.7. The van der Waals surface area contributed by atoms with Gasteiger partial charge in [0, 0.05) is 56.2 Å². The van der Waals surface area contributed by atoms with E-state index in [0.29, 0.717) is 35.5 Å². The SMILES string of the molecule is [2H]C([2H])([C@@H](OC=O)N1Cc2c(cc(O)c3c2O[C@@](C)(CC/C=C(\C)CCC=C(C)C)[C@@H](O)C3)C1=O)C([2H])([2H])C([2H])([2H])N1Cc2c(cc(O)c3c2O[C@@](C)(CC/C=C(\C)CCC=C(C)C)[C@@H](O)C3)C1=O. The molecule has 2 aromatic carbocycles. The molecule has 63 heavy (non-hydrogen) atoms. The Morgan fingerprint density at radius 2 is 1.24 bits per heavy atom. The molecule has 0 aliphatic carbocycles. The number of ether oxygens (including phenoxy) is 3. The fraction of sp³-hybridized carbons (Fsp3) is 0.549. The Morgan fingerprint density at radius 1 is 0.762 bits per heavy atom. The summed E-state index contributed by atoms with van der Waals surface area (Å²) in [4.78, 5) is 41.7. The molecule has 4 aliphatic rings. The van der Waals surface area contributed by atoms with Crippen molar-refractivity contribution >= 4 is 18.3 Å². The fourth-order valence-corrected chi connectivity index (χ4v) is 8.70. The summed E-state index contributed by atoms with van der Waals surface area (Å²) >= 11 is 0. The van der Waals surface area contributed by atoms with Gasteiger partial charge in [-0.25, -0.2) is 0 Å². The number of aliphatic hydroxyl groups excluding tert-OH is 2. The van der Waals surface area contributed by atoms with Crippen LogP contribution in [0.1, 0.15) is 171 Å². The second-order valence-electron chi connectivity index (χ2n) is 18.3. The van der Waals surface area contributed by atoms with E-state index < -0.39 is 79.5 Å². The summed E-state index contributed by atoms with van der Waals surface area (Å²) in [6, 6.07) is 2.22. The van der Waals surface area contributed by atoms with Gasteiger partial charge in [0.25, 0.3) is 18.3 Å². The van der Waals surface area contributed by atoms with Crippen LogP contribution < -0.4 is 9.47 Å². The summed E-state index contributed by atoms with van der Waals surface area (Å²) in [5.74, 6) is -2.74. The summed E-state index contributed by atoms with van der Waals surface area (Å²) in [5, 5.41) is 44.9. The first-order chi connectivity index (χ1) is 32.1. The highest BCUT2D eigenvalue weighted by Crippen LogP contribution is 2.48. The molecule has 4 heterocycles. The van der Waals surface area contributed by atoms with Gasteiger partial charge in [0.1, 0.15) is 34.2 Å². The van der Waals surface area contributed by atoms with Gasteiger partial charge < -0.3 is 39.5 Å². The highest BCUT2D eigenvalue weighted by atomic mass is 16.5. The first-order valence-electron chi connectivity index (χ1n) is 24.9. The number of fused-ring (bicyclic) bond motifs is 6. The van der Waals surface area contributed by atoms with E-state index in [9.17, 15) is 40.3 Å². The van der Waals surface area contributed by atoms with Crippen molar-refractivity contribution in [1.82, 2.24) is 9.80 Å². The largest absolute Gasteiger partial charge is 0.508 e. The Bertz CT molecular complexity index is 2480. The van der Waals surface area contributed by atoms with Crippen molar-refractivity contribution in [3.05, 3.63) is 92.1 Å². The van der Waals surface area contributed by atoms with Crippen LogP contribution in [0.4, 0.5) is 0 Å². The molecule has 4 N–H and O–H groups in total. The summed E-state index contributed by atoms with van der Waals surface area (Å²) in [5.41, 5.74) is 2.65. The number of amides is 2. The zero-order chi connectivity index (χ0) is 51.2. The highest BCUT2D eigenvalue weighted by Gasteiger charge is 2.46. The van der Waals surface area contributed by atoms with Crippen LogP contribution in [0.2, 0.25) is 0 Å². The number of phenolic OH excluding ortho intramolecular Hbond substituents is 2. The van der Waals surface area contributed by atoms with E-state index in [0.717, 1.165) is 49.0 Å². The van der Waals surface area contributed by atoms with Crippen LogP contribution in [0.3, 0.4) is 0 Å². The maximum absolute atomic E-state index is 14.2. The van der Waals surface area contributed by atoms with E-state index in [1.54, 1.807) is 13.8 Å². The first kappa shape index (κ1) is 39.5. The van der Waals surface area contributed by atoms with Crippen molar-refractivity contribution in [3.8, 4) is 23.0 Å². The highest BCUT2D eigenvalue weighted by molar-refractivity contribution is 6.01. The third-order valence-electron chi connectivity index (χ3n) is 12.7. The second kappa shape index (κ2) is 19.8. The average Bonchev–Trinajstić information content (AvgIpc) is 3.76. The predicted molar refractivity (Wildman–Crippen MR) is 242 cm³/mol. The summed E-state index contributed by atoms with van der Waals surface area (Å²) in [6.45, 7) is 10.8. The predicted octanol–water partition coefficient (Wildman–Crippen LogP) is 9.04. The van der Waals surface area contributed by atoms with Crippen molar-refractivity contribution < 1.29 is 57.2 Å². The van der Waals surface area contributed by atoms with Crippen LogP contribution >= 0.6 is 0 Å². The Morgan fingerprint density at radius 3 is 1.71 bits per heavy atom. The molecule has 12 heteroatoms. The minimum Gasteiger partial charge on any atom is -0.508 e. The topological polar surface area (TPSA) is 166 Å². The van der Waals surface area contributed by atoms with Crippen LogP contribution in [-0.4, -0.2) is 84.6 Å². The molecule has 0 saturated heterocycles. The molecule has 0 spiro atoms. The number of aliphatic hydroxyl groups is 2. The van der Waals surface area contributed by atoms with Gasteiger partial charge in [-0.3, -0.25) is 19.3 Å². The molecule has 2 aromatic rings. The normalized spacial score (nSPS) is 25.4. The van der Waals surface area contributed by atoms with Crippen LogP contribution in [0.5, 0.6) is 23.0 Å². The van der Waals surface area contributed by atoms with Crippen molar-refractivity contribution in [1.29, 1.82) is 0 Å². The van der Waals surface area contributed by atoms with Gasteiger partial charge in [-0.1, -0.05) is 46.6 Å². The van der Waals surface area contributed by atoms with E-state index in [1.807, 2.05) is 41.5 Å². The standard InChI is InChI=1S/C51H68N2O10/c1-31(2)14-9-16-33(5)18-11-21-50(7)43(57)26-37-41(55)24-35-39(46(37)62-50)28-52(48(35)59)23-13-20-45(61-30-54)53-29-40-36(49(53)60)25-42(56)38-27-44(58)51(8,63-47(38)40)22-12-19-34(6)17-10-15-32(3)4/h14-15,18-19,24-25,30,43-45,55-58H,9-13,16-17,20-23,26-29H2,1-8H3/b33-18+,34-19+/t43-,44-,45+,50-,51-/m0/s1/i13D2,20D2,23D2. The number of carbonyl (C=O) groups is 3. The molecule has 4 aliphatic heterocycles. The molecular weight excluding hydrogens is 801 g/mol. The molecule has 342 valence electrons. The molecule has 0 aromatic heterocycles. The molecule has 0 radical (unpaired) electrons. The number of benzene rings is 2. The quantitative estimate of drug-likeness (QED) is 0.0790. The van der Waals surface area contributed by atoms with Crippen molar-refractivity contribution in [2.24, 2.45) is 0 Å². The van der Waals surface area contributed by atoms with E-state index in [-0.39, 0.29) is 69.9 Å². The first-order valence-corrected chi connectivity index (χ1v) is 21.9. The Balaban J connectivity index is 1.25. The zero-order valence-electron chi connectivity index (χ0n) is 43.9. The lowest BCUT2D eigenvalue weighted by Crippen LogP contribution is -2.49. The number of aromatic hydroxyl groups is 2. The number of allylic oxidation sites excluding steroid dienone is 8. The van der Waals surface area contributed by atoms with E-state index in [1.165, 1.54) is 11.1 Å². The number of hydrogen-bond acceptors (Lipinski definition) is 10. The number of carbonyl (C=O) groups excluding carboxylic acids is 3. The molecule has 12 nitrogen and oxygen atoms in total. The van der Waals surface area contributed by atoms with Crippen LogP contribution in [-0.2, 0) is 35.5 Å². The van der Waals surface area contributed by atoms with Gasteiger partial charge in [-0.05, 0) is 125 Å². The number of nitrogens with zero attached hydrogens (tertiary/aromatic N) is 2. The lowest BCUT2D eigenvalue weighted by atomic mass is 9.84. The molecule has 0 unspecified atom stereocenters. The van der Waals surface area contributed by atoms with Gasteiger partial charge in [-0.15, -0.1) is 0 Å². The van der Waals surface area contributed by atoms with Crippen molar-refractivity contribution in [2.75, 3.05) is 6.50 Å². The average molecular weight is 875 g/mol. The van der Waals surface area contributed by atoms with E-state index >= 15 is 0 Å². The maximum Gasteiger partial charge on any atom is 0.295 e. The summed E-state index contributed by atoms with van der Waals surface area (Å²) in [6.07, 6.45) is 1.71. The minimum absolute atomic E-state index is 0.0407. The van der Waals surface area contributed by atoms with E-state index in [4.69, 9.17) is 17.0 Å². The Labute approximate surface area is 381 Å². The smallest absolute Gasteiger partial charge is 0.295 e. The molecule has 5 atom stereocenters. The van der Waals surface area contributed by atoms with Crippen LogP contribution in [0.25, 0.3) is 0 Å². The van der Waals surface area contributed by atoms with Gasteiger partial charge >= 0.3 is 0 Å². The monoisotopic (exact) mass is 875 g/mol. The van der Waals surface area contributed by atoms with E-state index in [2.05, 4.69) is 24.3 Å². The number of hydrogen-bond donors (Lipinski definition) is 4. The lowest BCUT2D eigenvalue weighted by Gasteiger charge is -2.41. The maximum atomic E-state index is 14.2. The lowest BCUT2D eigenvalue weighted by molar-refractivity contribution is -0.141. The fourth-order valence-electron chi connectivity index (χ4n) is 8.70. The summed E-state index contributed by atoms with van der Waals surface area (Å²) in [7, 11) is 0. The molecule has 6 rings (SSSR count). The molecular formula is C51H68N2O10.